The number of nitrogens with two attached hydrogens (primary N) is 1. The zero-order valence-corrected chi connectivity index (χ0v) is 20.0. The minimum atomic E-state index is -1.03. The standard InChI is InChI=1S/C26H28F2N6O/c1-26(2,3)33-13-5-6-17(33)14-34-25-21(24(29)30-15-31-25)23(32-34)16-9-11-18(12-10-16)35-20-8-4-7-19(27)22(20)28/h4,7-12,15,17H,5-6,13-14H2,1-3H3,(H2,29,30,31)/t17-/m1/s1. The summed E-state index contributed by atoms with van der Waals surface area (Å²) in [5.74, 6) is -1.43. The largest absolute Gasteiger partial charge is 0.454 e. The molecule has 35 heavy (non-hydrogen) atoms. The van der Waals surface area contributed by atoms with Crippen LogP contribution in [0.2, 0.25) is 0 Å². The average molecular weight is 479 g/mol. The highest BCUT2D eigenvalue weighted by atomic mass is 19.2. The van der Waals surface area contributed by atoms with E-state index in [1.165, 1.54) is 18.5 Å². The zero-order valence-electron chi connectivity index (χ0n) is 20.0. The van der Waals surface area contributed by atoms with E-state index in [1.807, 2.05) is 16.8 Å². The minimum Gasteiger partial charge on any atom is -0.454 e. The van der Waals surface area contributed by atoms with E-state index in [2.05, 4.69) is 35.6 Å². The molecule has 4 aromatic rings. The van der Waals surface area contributed by atoms with Gasteiger partial charge in [0.25, 0.3) is 0 Å². The molecule has 0 spiro atoms. The van der Waals surface area contributed by atoms with Gasteiger partial charge < -0.3 is 10.5 Å². The van der Waals surface area contributed by atoms with Gasteiger partial charge in [-0.25, -0.2) is 19.0 Å². The monoisotopic (exact) mass is 478 g/mol. The predicted octanol–water partition coefficient (Wildman–Crippen LogP) is 5.41. The normalized spacial score (nSPS) is 16.8. The number of halogens is 2. The topological polar surface area (TPSA) is 82.1 Å². The number of ether oxygens (including phenoxy) is 1. The molecular formula is C26H28F2N6O. The molecule has 1 saturated heterocycles. The Labute approximate surface area is 202 Å². The quantitative estimate of drug-likeness (QED) is 0.413. The molecule has 2 aromatic carbocycles. The second-order valence-electron chi connectivity index (χ2n) is 9.83. The van der Waals surface area contributed by atoms with E-state index in [-0.39, 0.29) is 11.3 Å². The Morgan fingerprint density at radius 2 is 1.86 bits per heavy atom. The van der Waals surface area contributed by atoms with Crippen molar-refractivity contribution in [3.8, 4) is 22.8 Å². The molecule has 182 valence electrons. The van der Waals surface area contributed by atoms with Crippen LogP contribution in [0, 0.1) is 11.6 Å². The maximum atomic E-state index is 14.0. The smallest absolute Gasteiger partial charge is 0.201 e. The number of anilines is 1. The predicted molar refractivity (Wildman–Crippen MR) is 131 cm³/mol. The maximum Gasteiger partial charge on any atom is 0.201 e. The fourth-order valence-electron chi connectivity index (χ4n) is 4.84. The summed E-state index contributed by atoms with van der Waals surface area (Å²) < 4.78 is 34.9. The Bertz CT molecular complexity index is 1360. The van der Waals surface area contributed by atoms with Crippen molar-refractivity contribution >= 4 is 16.9 Å². The highest BCUT2D eigenvalue weighted by Gasteiger charge is 2.33. The van der Waals surface area contributed by atoms with E-state index in [0.717, 1.165) is 31.0 Å². The van der Waals surface area contributed by atoms with Crippen LogP contribution < -0.4 is 10.5 Å². The summed E-state index contributed by atoms with van der Waals surface area (Å²) in [4.78, 5) is 11.2. The van der Waals surface area contributed by atoms with Crippen LogP contribution in [0.15, 0.2) is 48.8 Å². The Morgan fingerprint density at radius 1 is 1.09 bits per heavy atom. The van der Waals surface area contributed by atoms with Crippen molar-refractivity contribution in [3.05, 3.63) is 60.4 Å². The van der Waals surface area contributed by atoms with Crippen molar-refractivity contribution in [2.45, 2.75) is 51.7 Å². The first-order valence-corrected chi connectivity index (χ1v) is 11.7. The molecule has 0 amide bonds. The third-order valence-corrected chi connectivity index (χ3v) is 6.45. The second kappa shape index (κ2) is 8.88. The number of hydrogen-bond donors (Lipinski definition) is 1. The molecule has 1 fully saturated rings. The fraction of sp³-hybridized carbons (Fsp3) is 0.346. The number of likely N-dealkylation sites (tertiary alicyclic amines) is 1. The van der Waals surface area contributed by atoms with Crippen molar-refractivity contribution in [2.24, 2.45) is 0 Å². The van der Waals surface area contributed by atoms with E-state index in [1.54, 1.807) is 12.1 Å². The lowest BCUT2D eigenvalue weighted by atomic mass is 10.0. The Hall–Kier alpha value is -3.59. The number of nitrogens with zero attached hydrogens (tertiary/aromatic N) is 5. The van der Waals surface area contributed by atoms with Gasteiger partial charge in [0.2, 0.25) is 5.82 Å². The molecule has 0 saturated carbocycles. The molecule has 0 aliphatic carbocycles. The summed E-state index contributed by atoms with van der Waals surface area (Å²) >= 11 is 0. The molecule has 3 heterocycles. The van der Waals surface area contributed by atoms with Gasteiger partial charge in [-0.2, -0.15) is 9.49 Å². The molecule has 0 radical (unpaired) electrons. The zero-order chi connectivity index (χ0) is 24.7. The van der Waals surface area contributed by atoms with Gasteiger partial charge in [-0.3, -0.25) is 4.90 Å². The van der Waals surface area contributed by atoms with Crippen LogP contribution in [0.4, 0.5) is 14.6 Å². The third kappa shape index (κ3) is 4.43. The van der Waals surface area contributed by atoms with E-state index in [4.69, 9.17) is 15.6 Å². The van der Waals surface area contributed by atoms with Crippen molar-refractivity contribution in [1.82, 2.24) is 24.6 Å². The molecule has 0 unspecified atom stereocenters. The summed E-state index contributed by atoms with van der Waals surface area (Å²) in [6, 6.07) is 11.2. The maximum absolute atomic E-state index is 14.0. The molecule has 7 nitrogen and oxygen atoms in total. The Balaban J connectivity index is 1.47. The van der Waals surface area contributed by atoms with Crippen LogP contribution in [0.3, 0.4) is 0 Å². The first-order chi connectivity index (χ1) is 16.7. The van der Waals surface area contributed by atoms with Gasteiger partial charge in [-0.1, -0.05) is 6.07 Å². The van der Waals surface area contributed by atoms with E-state index < -0.39 is 11.6 Å². The van der Waals surface area contributed by atoms with Gasteiger partial charge in [-0.15, -0.1) is 0 Å². The lowest BCUT2D eigenvalue weighted by Gasteiger charge is -2.37. The molecule has 5 rings (SSSR count). The lowest BCUT2D eigenvalue weighted by Crippen LogP contribution is -2.46. The number of fused-ring (bicyclic) bond motifs is 1. The summed E-state index contributed by atoms with van der Waals surface area (Å²) in [5.41, 5.74) is 8.48. The van der Waals surface area contributed by atoms with E-state index in [0.29, 0.717) is 40.9 Å². The SMILES string of the molecule is CC(C)(C)N1CCC[C@@H]1Cn1nc(-c2ccc(Oc3cccc(F)c3F)cc2)c2c(N)ncnc21. The molecular weight excluding hydrogens is 450 g/mol. The Morgan fingerprint density at radius 3 is 2.60 bits per heavy atom. The summed E-state index contributed by atoms with van der Waals surface area (Å²) in [6.07, 6.45) is 3.70. The van der Waals surface area contributed by atoms with Crippen molar-refractivity contribution in [2.75, 3.05) is 12.3 Å². The number of hydrogen-bond acceptors (Lipinski definition) is 6. The fourth-order valence-corrected chi connectivity index (χ4v) is 4.84. The van der Waals surface area contributed by atoms with E-state index >= 15 is 0 Å². The van der Waals surface area contributed by atoms with Crippen LogP contribution in [0.1, 0.15) is 33.6 Å². The van der Waals surface area contributed by atoms with Crippen LogP contribution >= 0.6 is 0 Å². The molecule has 1 aliphatic rings. The van der Waals surface area contributed by atoms with Crippen molar-refractivity contribution < 1.29 is 13.5 Å². The first kappa shape index (κ1) is 23.2. The van der Waals surface area contributed by atoms with Crippen molar-refractivity contribution in [3.63, 3.8) is 0 Å². The van der Waals surface area contributed by atoms with Crippen LogP contribution in [-0.2, 0) is 6.54 Å². The summed E-state index contributed by atoms with van der Waals surface area (Å²) in [6.45, 7) is 8.46. The van der Waals surface area contributed by atoms with Gasteiger partial charge in [-0.05, 0) is 76.6 Å². The second-order valence-corrected chi connectivity index (χ2v) is 9.83. The van der Waals surface area contributed by atoms with Gasteiger partial charge >= 0.3 is 0 Å². The summed E-state index contributed by atoms with van der Waals surface area (Å²) in [5, 5.41) is 5.59. The van der Waals surface area contributed by atoms with Gasteiger partial charge in [0.05, 0.1) is 11.9 Å². The van der Waals surface area contributed by atoms with Crippen molar-refractivity contribution in [1.29, 1.82) is 0 Å². The summed E-state index contributed by atoms with van der Waals surface area (Å²) in [7, 11) is 0. The van der Waals surface area contributed by atoms with Gasteiger partial charge in [0.1, 0.15) is 23.6 Å². The first-order valence-electron chi connectivity index (χ1n) is 11.7. The molecule has 1 atom stereocenters. The highest BCUT2D eigenvalue weighted by molar-refractivity contribution is 5.98. The number of nitrogen functional groups attached to an aromatic ring is 1. The number of aromatic nitrogens is 4. The molecule has 0 bridgehead atoms. The van der Waals surface area contributed by atoms with Crippen LogP contribution in [0.5, 0.6) is 11.5 Å². The number of benzene rings is 2. The molecule has 2 aromatic heterocycles. The molecule has 1 aliphatic heterocycles. The third-order valence-electron chi connectivity index (χ3n) is 6.45. The molecule has 2 N–H and O–H groups in total. The van der Waals surface area contributed by atoms with E-state index in [9.17, 15) is 8.78 Å². The van der Waals surface area contributed by atoms with Crippen LogP contribution in [0.25, 0.3) is 22.3 Å². The van der Waals surface area contributed by atoms with Crippen LogP contribution in [-0.4, -0.2) is 42.8 Å². The van der Waals surface area contributed by atoms with Gasteiger partial charge in [0, 0.05) is 17.1 Å². The Kier molecular flexibility index (Phi) is 5.88. The highest BCUT2D eigenvalue weighted by Crippen LogP contribution is 2.34. The van der Waals surface area contributed by atoms with Gasteiger partial charge in [0.15, 0.2) is 17.2 Å². The average Bonchev–Trinajstić information content (AvgIpc) is 3.44. The molecule has 9 heteroatoms. The number of rotatable bonds is 5. The lowest BCUT2D eigenvalue weighted by molar-refractivity contribution is 0.110. The minimum absolute atomic E-state index is 0.0674.